The van der Waals surface area contributed by atoms with Crippen LogP contribution in [0.2, 0.25) is 0 Å². The molecular weight excluding hydrogens is 164 g/mol. The Bertz CT molecular complexity index is 187. The summed E-state index contributed by atoms with van der Waals surface area (Å²) in [5.41, 5.74) is 0. The summed E-state index contributed by atoms with van der Waals surface area (Å²) in [7, 11) is -4.38. The van der Waals surface area contributed by atoms with Crippen LogP contribution in [0.3, 0.4) is 0 Å². The van der Waals surface area contributed by atoms with Crippen LogP contribution in [-0.2, 0) is 10.0 Å². The van der Waals surface area contributed by atoms with E-state index in [1.807, 2.05) is 0 Å². The Morgan fingerprint density at radius 3 is 1.80 bits per heavy atom. The van der Waals surface area contributed by atoms with Crippen molar-refractivity contribution in [2.45, 2.75) is 25.6 Å². The molecule has 62 valence electrons. The molecule has 0 heterocycles. The molecule has 0 aromatic heterocycles. The lowest BCUT2D eigenvalue weighted by atomic mass is 10.4. The van der Waals surface area contributed by atoms with Crippen LogP contribution in [-0.4, -0.2) is 20.2 Å². The minimum absolute atomic E-state index is 0.487. The lowest BCUT2D eigenvalue weighted by molar-refractivity contribution is 0.231. The second-order valence-electron chi connectivity index (χ2n) is 2.08. The van der Waals surface area contributed by atoms with Gasteiger partial charge in [-0.3, -0.25) is 0 Å². The third kappa shape index (κ3) is 3.07. The van der Waals surface area contributed by atoms with E-state index in [0.717, 1.165) is 0 Å². The van der Waals surface area contributed by atoms with Crippen molar-refractivity contribution in [2.75, 3.05) is 0 Å². The summed E-state index contributed by atoms with van der Waals surface area (Å²) < 4.78 is 45.3. The molecule has 0 aliphatic carbocycles. The van der Waals surface area contributed by atoms with Gasteiger partial charge >= 0.3 is 5.76 Å². The number of hydrogen-bond donors (Lipinski definition) is 1. The predicted molar refractivity (Wildman–Crippen MR) is 33.2 cm³/mol. The maximum atomic E-state index is 11.5. The zero-order valence-electron chi connectivity index (χ0n) is 5.64. The van der Waals surface area contributed by atoms with Gasteiger partial charge in [0.05, 0.1) is 0 Å². The van der Waals surface area contributed by atoms with Crippen molar-refractivity contribution in [1.82, 2.24) is 4.72 Å². The van der Waals surface area contributed by atoms with E-state index in [1.165, 1.54) is 13.8 Å². The molecular formula is C4H9F2NO2S. The third-order valence-electron chi connectivity index (χ3n) is 0.635. The van der Waals surface area contributed by atoms with Gasteiger partial charge in [-0.2, -0.15) is 8.78 Å². The fraction of sp³-hybridized carbons (Fsp3) is 1.00. The maximum absolute atomic E-state index is 11.5. The minimum Gasteiger partial charge on any atom is -0.208 e. The zero-order valence-corrected chi connectivity index (χ0v) is 6.45. The average molecular weight is 173 g/mol. The molecule has 0 amide bonds. The second-order valence-corrected chi connectivity index (χ2v) is 3.76. The first-order chi connectivity index (χ1) is 4.36. The molecule has 0 unspecified atom stereocenters. The van der Waals surface area contributed by atoms with Crippen LogP contribution >= 0.6 is 0 Å². The monoisotopic (exact) mass is 173 g/mol. The van der Waals surface area contributed by atoms with Crippen molar-refractivity contribution in [3.8, 4) is 0 Å². The van der Waals surface area contributed by atoms with Crippen LogP contribution < -0.4 is 4.72 Å². The van der Waals surface area contributed by atoms with Gasteiger partial charge in [0, 0.05) is 6.04 Å². The van der Waals surface area contributed by atoms with E-state index in [1.54, 1.807) is 4.72 Å². The summed E-state index contributed by atoms with van der Waals surface area (Å²) in [5, 5.41) is 0. The van der Waals surface area contributed by atoms with E-state index in [0.29, 0.717) is 0 Å². The zero-order chi connectivity index (χ0) is 8.36. The van der Waals surface area contributed by atoms with Gasteiger partial charge in [0.25, 0.3) is 10.0 Å². The minimum atomic E-state index is -4.38. The lowest BCUT2D eigenvalue weighted by Gasteiger charge is -2.06. The normalized spacial score (nSPS) is 13.0. The molecule has 3 nitrogen and oxygen atoms in total. The summed E-state index contributed by atoms with van der Waals surface area (Å²) in [4.78, 5) is 0. The highest BCUT2D eigenvalue weighted by atomic mass is 32.2. The second kappa shape index (κ2) is 3.25. The first-order valence-corrected chi connectivity index (χ1v) is 4.20. The van der Waals surface area contributed by atoms with E-state index < -0.39 is 21.8 Å². The Balaban J connectivity index is 4.16. The molecule has 6 heteroatoms. The van der Waals surface area contributed by atoms with Gasteiger partial charge in [0.1, 0.15) is 0 Å². The molecule has 0 radical (unpaired) electrons. The van der Waals surface area contributed by atoms with Crippen molar-refractivity contribution in [3.05, 3.63) is 0 Å². The van der Waals surface area contributed by atoms with E-state index >= 15 is 0 Å². The number of halogens is 2. The summed E-state index contributed by atoms with van der Waals surface area (Å²) in [6.07, 6.45) is 0. The number of hydrogen-bond acceptors (Lipinski definition) is 2. The van der Waals surface area contributed by atoms with Crippen LogP contribution in [0.1, 0.15) is 13.8 Å². The highest BCUT2D eigenvalue weighted by Gasteiger charge is 2.23. The van der Waals surface area contributed by atoms with Gasteiger partial charge in [-0.05, 0) is 13.8 Å². The smallest absolute Gasteiger partial charge is 0.208 e. The quantitative estimate of drug-likeness (QED) is 0.677. The van der Waals surface area contributed by atoms with E-state index in [9.17, 15) is 17.2 Å². The Kier molecular flexibility index (Phi) is 3.17. The summed E-state index contributed by atoms with van der Waals surface area (Å²) >= 11 is 0. The largest absolute Gasteiger partial charge is 0.350 e. The topological polar surface area (TPSA) is 46.2 Å². The first kappa shape index (κ1) is 9.77. The third-order valence-corrected chi connectivity index (χ3v) is 1.90. The average Bonchev–Trinajstić information content (AvgIpc) is 1.60. The summed E-state index contributed by atoms with van der Waals surface area (Å²) in [6.45, 7) is 2.94. The SMILES string of the molecule is CC(C)NS(=O)(=O)C(F)F. The van der Waals surface area contributed by atoms with Gasteiger partial charge in [-0.25, -0.2) is 13.1 Å². The van der Waals surface area contributed by atoms with Crippen molar-refractivity contribution < 1.29 is 17.2 Å². The molecule has 10 heavy (non-hydrogen) atoms. The van der Waals surface area contributed by atoms with Crippen molar-refractivity contribution in [3.63, 3.8) is 0 Å². The highest BCUT2D eigenvalue weighted by molar-refractivity contribution is 7.89. The molecule has 0 saturated heterocycles. The predicted octanol–water partition coefficient (Wildman–Crippen LogP) is 0.537. The van der Waals surface area contributed by atoms with Crippen LogP contribution in [0.4, 0.5) is 8.78 Å². The van der Waals surface area contributed by atoms with Crippen LogP contribution in [0.15, 0.2) is 0 Å². The molecule has 0 fully saturated rings. The molecule has 0 bridgehead atoms. The van der Waals surface area contributed by atoms with Gasteiger partial charge in [0.15, 0.2) is 0 Å². The number of alkyl halides is 2. The molecule has 0 aliphatic heterocycles. The standard InChI is InChI=1S/C4H9F2NO2S/c1-3(2)7-10(8,9)4(5)6/h3-4,7H,1-2H3. The molecule has 0 aliphatic rings. The molecule has 0 aromatic carbocycles. The van der Waals surface area contributed by atoms with Gasteiger partial charge in [-0.15, -0.1) is 0 Å². The van der Waals surface area contributed by atoms with Crippen LogP contribution in [0.25, 0.3) is 0 Å². The maximum Gasteiger partial charge on any atom is 0.350 e. The number of rotatable bonds is 3. The van der Waals surface area contributed by atoms with Crippen LogP contribution in [0.5, 0.6) is 0 Å². The van der Waals surface area contributed by atoms with E-state index in [4.69, 9.17) is 0 Å². The van der Waals surface area contributed by atoms with Crippen LogP contribution in [0, 0.1) is 0 Å². The lowest BCUT2D eigenvalue weighted by Crippen LogP contribution is -2.34. The number of nitrogens with one attached hydrogen (secondary N) is 1. The Hall–Kier alpha value is -0.230. The molecule has 0 aromatic rings. The fourth-order valence-electron chi connectivity index (χ4n) is 0.380. The number of sulfonamides is 1. The molecule has 1 N–H and O–H groups in total. The molecule has 0 rings (SSSR count). The van der Waals surface area contributed by atoms with Gasteiger partial charge < -0.3 is 0 Å². The molecule has 0 saturated carbocycles. The molecule has 0 spiro atoms. The Morgan fingerprint density at radius 1 is 1.30 bits per heavy atom. The van der Waals surface area contributed by atoms with E-state index in [2.05, 4.69) is 0 Å². The first-order valence-electron chi connectivity index (χ1n) is 2.65. The summed E-state index contributed by atoms with van der Waals surface area (Å²) in [5.74, 6) is -3.34. The van der Waals surface area contributed by atoms with Crippen molar-refractivity contribution in [2.24, 2.45) is 0 Å². The van der Waals surface area contributed by atoms with Crippen molar-refractivity contribution >= 4 is 10.0 Å². The van der Waals surface area contributed by atoms with E-state index in [-0.39, 0.29) is 0 Å². The Morgan fingerprint density at radius 2 is 1.70 bits per heavy atom. The van der Waals surface area contributed by atoms with Gasteiger partial charge in [-0.1, -0.05) is 0 Å². The van der Waals surface area contributed by atoms with Gasteiger partial charge in [0.2, 0.25) is 0 Å². The Labute approximate surface area is 58.5 Å². The highest BCUT2D eigenvalue weighted by Crippen LogP contribution is 2.02. The van der Waals surface area contributed by atoms with Crippen molar-refractivity contribution in [1.29, 1.82) is 0 Å². The molecule has 0 atom stereocenters. The summed E-state index contributed by atoms with van der Waals surface area (Å²) in [6, 6.07) is -0.487. The fourth-order valence-corrected chi connectivity index (χ4v) is 1.14.